The minimum atomic E-state index is -1.06. The number of hydrogen-bond donors (Lipinski definition) is 3. The zero-order valence-electron chi connectivity index (χ0n) is 11.3. The summed E-state index contributed by atoms with van der Waals surface area (Å²) in [7, 11) is 1.57. The van der Waals surface area contributed by atoms with Crippen molar-refractivity contribution >= 4 is 22.8 Å². The van der Waals surface area contributed by atoms with E-state index >= 15 is 0 Å². The van der Waals surface area contributed by atoms with Crippen molar-refractivity contribution in [2.75, 3.05) is 7.11 Å². The maximum absolute atomic E-state index is 11.8. The number of carbonyl (C=O) groups excluding carboxylic acids is 1. The molecule has 2 aromatic rings. The summed E-state index contributed by atoms with van der Waals surface area (Å²) in [5.74, 6) is -0.723. The molecule has 1 atom stereocenters. The summed E-state index contributed by atoms with van der Waals surface area (Å²) >= 11 is 0. The Morgan fingerprint density at radius 1 is 1.45 bits per heavy atom. The van der Waals surface area contributed by atoms with E-state index in [1.54, 1.807) is 13.3 Å². The second-order valence-corrected chi connectivity index (χ2v) is 4.50. The van der Waals surface area contributed by atoms with Gasteiger partial charge >= 0.3 is 5.97 Å². The summed E-state index contributed by atoms with van der Waals surface area (Å²) in [6.07, 6.45) is 1.83. The molecule has 0 radical (unpaired) electrons. The van der Waals surface area contributed by atoms with Gasteiger partial charge in [0.1, 0.15) is 11.8 Å². The van der Waals surface area contributed by atoms with Gasteiger partial charge in [-0.25, -0.2) is 0 Å². The first-order valence-corrected chi connectivity index (χ1v) is 6.18. The zero-order valence-corrected chi connectivity index (χ0v) is 11.3. The van der Waals surface area contributed by atoms with E-state index in [2.05, 4.69) is 10.3 Å². The largest absolute Gasteiger partial charge is 0.496 e. The number of carbonyl (C=O) groups is 2. The smallest absolute Gasteiger partial charge is 0.325 e. The van der Waals surface area contributed by atoms with Gasteiger partial charge in [0.15, 0.2) is 0 Å². The summed E-state index contributed by atoms with van der Waals surface area (Å²) in [4.78, 5) is 25.6. The molecule has 0 saturated carbocycles. The van der Waals surface area contributed by atoms with Gasteiger partial charge in [-0.3, -0.25) is 9.59 Å². The van der Waals surface area contributed by atoms with Crippen LogP contribution in [0.15, 0.2) is 24.4 Å². The lowest BCUT2D eigenvalue weighted by atomic mass is 10.1. The number of H-pyrrole nitrogens is 1. The fourth-order valence-electron chi connectivity index (χ4n) is 2.06. The molecule has 106 valence electrons. The molecule has 0 spiro atoms. The van der Waals surface area contributed by atoms with Crippen LogP contribution in [0.25, 0.3) is 10.9 Å². The number of ether oxygens (including phenoxy) is 1. The van der Waals surface area contributed by atoms with E-state index in [0.717, 1.165) is 16.5 Å². The van der Waals surface area contributed by atoms with Gasteiger partial charge in [-0.15, -0.1) is 0 Å². The Morgan fingerprint density at radius 2 is 2.20 bits per heavy atom. The van der Waals surface area contributed by atoms with Crippen LogP contribution in [-0.4, -0.2) is 35.1 Å². The normalized spacial score (nSPS) is 12.1. The first kappa shape index (κ1) is 13.9. The summed E-state index contributed by atoms with van der Waals surface area (Å²) < 4.78 is 5.28. The van der Waals surface area contributed by atoms with Crippen molar-refractivity contribution in [1.29, 1.82) is 0 Å². The molecule has 1 amide bonds. The summed E-state index contributed by atoms with van der Waals surface area (Å²) in [5, 5.41) is 12.0. The van der Waals surface area contributed by atoms with Crippen LogP contribution < -0.4 is 10.1 Å². The fourth-order valence-corrected chi connectivity index (χ4v) is 2.06. The Kier molecular flexibility index (Phi) is 3.93. The number of aromatic amines is 1. The first-order chi connectivity index (χ1) is 9.52. The van der Waals surface area contributed by atoms with E-state index in [1.165, 1.54) is 6.92 Å². The number of fused-ring (bicyclic) bond motifs is 1. The topological polar surface area (TPSA) is 91.4 Å². The molecule has 0 aliphatic rings. The van der Waals surface area contributed by atoms with Crippen LogP contribution in [0.3, 0.4) is 0 Å². The van der Waals surface area contributed by atoms with E-state index in [4.69, 9.17) is 9.84 Å². The van der Waals surface area contributed by atoms with Crippen molar-refractivity contribution in [2.24, 2.45) is 0 Å². The summed E-state index contributed by atoms with van der Waals surface area (Å²) in [6, 6.07) is 4.65. The molecule has 6 heteroatoms. The summed E-state index contributed by atoms with van der Waals surface area (Å²) in [5.41, 5.74) is 1.64. The van der Waals surface area contributed by atoms with Crippen LogP contribution >= 0.6 is 0 Å². The number of carboxylic acid groups (broad SMARTS) is 1. The Morgan fingerprint density at radius 3 is 2.85 bits per heavy atom. The molecule has 1 heterocycles. The van der Waals surface area contributed by atoms with Gasteiger partial charge in [0.2, 0.25) is 5.91 Å². The lowest BCUT2D eigenvalue weighted by Crippen LogP contribution is -2.39. The summed E-state index contributed by atoms with van der Waals surface area (Å²) in [6.45, 7) is 1.43. The van der Waals surface area contributed by atoms with Crippen LogP contribution in [0.1, 0.15) is 12.5 Å². The van der Waals surface area contributed by atoms with Crippen LogP contribution in [0.5, 0.6) is 5.75 Å². The van der Waals surface area contributed by atoms with Gasteiger partial charge in [0.05, 0.1) is 13.5 Å². The van der Waals surface area contributed by atoms with E-state index in [9.17, 15) is 9.59 Å². The van der Waals surface area contributed by atoms with Crippen molar-refractivity contribution in [3.8, 4) is 5.75 Å². The van der Waals surface area contributed by atoms with Crippen LogP contribution in [0, 0.1) is 0 Å². The Balaban J connectivity index is 2.22. The molecule has 1 unspecified atom stereocenters. The molecule has 2 rings (SSSR count). The van der Waals surface area contributed by atoms with Crippen LogP contribution in [0.4, 0.5) is 0 Å². The minimum Gasteiger partial charge on any atom is -0.496 e. The molecular formula is C14H16N2O4. The minimum absolute atomic E-state index is 0.0952. The van der Waals surface area contributed by atoms with Crippen LogP contribution in [-0.2, 0) is 16.0 Å². The van der Waals surface area contributed by atoms with Crippen molar-refractivity contribution in [2.45, 2.75) is 19.4 Å². The van der Waals surface area contributed by atoms with Gasteiger partial charge in [0, 0.05) is 17.1 Å². The Bertz CT molecular complexity index is 648. The maximum atomic E-state index is 11.8. The zero-order chi connectivity index (χ0) is 14.7. The van der Waals surface area contributed by atoms with Gasteiger partial charge in [-0.05, 0) is 24.6 Å². The number of nitrogens with one attached hydrogen (secondary N) is 2. The monoisotopic (exact) mass is 276 g/mol. The maximum Gasteiger partial charge on any atom is 0.325 e. The SMILES string of the molecule is COc1cccc2[nH]cc(CC(=O)NC(C)C(=O)O)c12. The number of benzene rings is 1. The second kappa shape index (κ2) is 5.64. The molecule has 0 saturated heterocycles. The highest BCUT2D eigenvalue weighted by molar-refractivity contribution is 5.93. The highest BCUT2D eigenvalue weighted by atomic mass is 16.5. The molecule has 1 aromatic heterocycles. The Hall–Kier alpha value is -2.50. The lowest BCUT2D eigenvalue weighted by Gasteiger charge is -2.09. The van der Waals surface area contributed by atoms with Gasteiger partial charge in [-0.1, -0.05) is 6.07 Å². The number of aliphatic carboxylic acids is 1. The number of amides is 1. The van der Waals surface area contributed by atoms with E-state index < -0.39 is 12.0 Å². The van der Waals surface area contributed by atoms with Crippen LogP contribution in [0.2, 0.25) is 0 Å². The van der Waals surface area contributed by atoms with Gasteiger partial charge < -0.3 is 20.1 Å². The van der Waals surface area contributed by atoms with Crippen molar-refractivity contribution in [1.82, 2.24) is 10.3 Å². The molecule has 6 nitrogen and oxygen atoms in total. The second-order valence-electron chi connectivity index (χ2n) is 4.50. The van der Waals surface area contributed by atoms with E-state index in [1.807, 2.05) is 18.2 Å². The quantitative estimate of drug-likeness (QED) is 0.767. The predicted molar refractivity (Wildman–Crippen MR) is 73.8 cm³/mol. The van der Waals surface area contributed by atoms with E-state index in [0.29, 0.717) is 5.75 Å². The number of hydrogen-bond acceptors (Lipinski definition) is 3. The van der Waals surface area contributed by atoms with E-state index in [-0.39, 0.29) is 12.3 Å². The van der Waals surface area contributed by atoms with Gasteiger partial charge in [0.25, 0.3) is 0 Å². The molecule has 0 aliphatic carbocycles. The number of aromatic nitrogens is 1. The molecule has 3 N–H and O–H groups in total. The average Bonchev–Trinajstić information content (AvgIpc) is 2.81. The number of methoxy groups -OCH3 is 1. The fraction of sp³-hybridized carbons (Fsp3) is 0.286. The van der Waals surface area contributed by atoms with Crippen molar-refractivity contribution in [3.63, 3.8) is 0 Å². The lowest BCUT2D eigenvalue weighted by molar-refractivity contribution is -0.141. The highest BCUT2D eigenvalue weighted by Crippen LogP contribution is 2.28. The number of rotatable bonds is 5. The van der Waals surface area contributed by atoms with Crippen molar-refractivity contribution in [3.05, 3.63) is 30.0 Å². The van der Waals surface area contributed by atoms with Crippen molar-refractivity contribution < 1.29 is 19.4 Å². The molecule has 0 bridgehead atoms. The third-order valence-corrected chi connectivity index (χ3v) is 3.07. The molecule has 1 aromatic carbocycles. The standard InChI is InChI=1S/C14H16N2O4/c1-8(14(18)19)16-12(17)6-9-7-15-10-4-3-5-11(20-2)13(9)10/h3-5,7-8,15H,6H2,1-2H3,(H,16,17)(H,18,19). The first-order valence-electron chi connectivity index (χ1n) is 6.18. The predicted octanol–water partition coefficient (Wildman–Crippen LogP) is 1.31. The highest BCUT2D eigenvalue weighted by Gasteiger charge is 2.16. The average molecular weight is 276 g/mol. The molecule has 0 fully saturated rings. The molecular weight excluding hydrogens is 260 g/mol. The Labute approximate surface area is 115 Å². The third kappa shape index (κ3) is 2.74. The molecule has 20 heavy (non-hydrogen) atoms. The van der Waals surface area contributed by atoms with Gasteiger partial charge in [-0.2, -0.15) is 0 Å². The number of carboxylic acids is 1. The third-order valence-electron chi connectivity index (χ3n) is 3.07. The molecule has 0 aliphatic heterocycles.